The number of hydrogen-bond donors (Lipinski definition) is 2. The summed E-state index contributed by atoms with van der Waals surface area (Å²) in [6.07, 6.45) is 4.77. The van der Waals surface area contributed by atoms with Crippen molar-refractivity contribution < 1.29 is 9.59 Å². The van der Waals surface area contributed by atoms with Crippen molar-refractivity contribution in [1.29, 1.82) is 0 Å². The fourth-order valence-electron chi connectivity index (χ4n) is 3.26. The summed E-state index contributed by atoms with van der Waals surface area (Å²) in [5.41, 5.74) is 0. The Kier molecular flexibility index (Phi) is 3.48. The van der Waals surface area contributed by atoms with Gasteiger partial charge in [0.2, 0.25) is 11.8 Å². The Morgan fingerprint density at radius 3 is 2.84 bits per heavy atom. The molecule has 2 heterocycles. The van der Waals surface area contributed by atoms with Crippen molar-refractivity contribution in [2.24, 2.45) is 5.92 Å². The molecule has 4 atom stereocenters. The fraction of sp³-hybridized carbons (Fsp3) is 0.857. The molecule has 19 heavy (non-hydrogen) atoms. The van der Waals surface area contributed by atoms with Gasteiger partial charge in [-0.1, -0.05) is 13.3 Å². The number of nitrogens with zero attached hydrogens (tertiary/aromatic N) is 1. The summed E-state index contributed by atoms with van der Waals surface area (Å²) in [5, 5.41) is 6.29. The number of carbonyl (C=O) groups is 2. The van der Waals surface area contributed by atoms with Crippen molar-refractivity contribution in [1.82, 2.24) is 15.5 Å². The van der Waals surface area contributed by atoms with E-state index in [1.54, 1.807) is 0 Å². The van der Waals surface area contributed by atoms with Gasteiger partial charge in [-0.2, -0.15) is 0 Å². The Balaban J connectivity index is 1.50. The highest BCUT2D eigenvalue weighted by molar-refractivity contribution is 5.85. The van der Waals surface area contributed by atoms with Gasteiger partial charge in [0.1, 0.15) is 0 Å². The molecular formula is C14H23N3O2. The molecule has 1 saturated carbocycles. The number of likely N-dealkylation sites (tertiary alicyclic amines) is 1. The molecule has 5 heteroatoms. The van der Waals surface area contributed by atoms with Crippen molar-refractivity contribution in [3.8, 4) is 0 Å². The molecule has 0 spiro atoms. The topological polar surface area (TPSA) is 61.4 Å². The van der Waals surface area contributed by atoms with Gasteiger partial charge in [-0.15, -0.1) is 0 Å². The van der Waals surface area contributed by atoms with Gasteiger partial charge in [0.05, 0.1) is 12.1 Å². The molecule has 3 fully saturated rings. The monoisotopic (exact) mass is 265 g/mol. The van der Waals surface area contributed by atoms with Gasteiger partial charge in [0.25, 0.3) is 0 Å². The predicted molar refractivity (Wildman–Crippen MR) is 71.5 cm³/mol. The Hall–Kier alpha value is -1.10. The minimum Gasteiger partial charge on any atom is -0.350 e. The van der Waals surface area contributed by atoms with Crippen LogP contribution in [0.15, 0.2) is 0 Å². The quantitative estimate of drug-likeness (QED) is 0.769. The highest BCUT2D eigenvalue weighted by Gasteiger charge is 2.45. The summed E-state index contributed by atoms with van der Waals surface area (Å²) in [7, 11) is 0. The zero-order valence-electron chi connectivity index (χ0n) is 11.5. The van der Waals surface area contributed by atoms with Crippen LogP contribution < -0.4 is 10.6 Å². The smallest absolute Gasteiger partial charge is 0.237 e. The average molecular weight is 265 g/mol. The SMILES string of the molecule is CC1CC1N1CC(NC(=O)C2CCCCN2)CC1=O. The maximum atomic E-state index is 12.1. The number of hydrogen-bond acceptors (Lipinski definition) is 3. The molecule has 3 aliphatic rings. The molecule has 0 bridgehead atoms. The molecule has 4 unspecified atom stereocenters. The summed E-state index contributed by atoms with van der Waals surface area (Å²) < 4.78 is 0. The van der Waals surface area contributed by atoms with Crippen molar-refractivity contribution in [2.45, 2.75) is 57.2 Å². The average Bonchev–Trinajstić information content (AvgIpc) is 3.02. The molecule has 0 aromatic rings. The second-order valence-electron chi connectivity index (χ2n) is 6.24. The molecule has 0 radical (unpaired) electrons. The van der Waals surface area contributed by atoms with Crippen LogP contribution in [-0.4, -0.2) is 47.9 Å². The fourth-order valence-corrected chi connectivity index (χ4v) is 3.26. The number of carbonyl (C=O) groups excluding carboxylic acids is 2. The van der Waals surface area contributed by atoms with Crippen LogP contribution in [0.1, 0.15) is 39.0 Å². The molecule has 0 aromatic heterocycles. The van der Waals surface area contributed by atoms with Crippen LogP contribution in [0, 0.1) is 5.92 Å². The third kappa shape index (κ3) is 2.76. The Morgan fingerprint density at radius 2 is 2.21 bits per heavy atom. The zero-order valence-corrected chi connectivity index (χ0v) is 11.5. The van der Waals surface area contributed by atoms with Gasteiger partial charge in [0, 0.05) is 19.0 Å². The lowest BCUT2D eigenvalue weighted by Crippen LogP contribution is -2.50. The van der Waals surface area contributed by atoms with Crippen molar-refractivity contribution >= 4 is 11.8 Å². The highest BCUT2D eigenvalue weighted by Crippen LogP contribution is 2.37. The third-order valence-electron chi connectivity index (χ3n) is 4.60. The Labute approximate surface area is 114 Å². The van der Waals surface area contributed by atoms with E-state index in [-0.39, 0.29) is 23.9 Å². The molecule has 106 valence electrons. The van der Waals surface area contributed by atoms with E-state index in [0.717, 1.165) is 32.2 Å². The van der Waals surface area contributed by atoms with Gasteiger partial charge in [-0.05, 0) is 31.7 Å². The highest BCUT2D eigenvalue weighted by atomic mass is 16.2. The van der Waals surface area contributed by atoms with E-state index in [9.17, 15) is 9.59 Å². The van der Waals surface area contributed by atoms with Crippen LogP contribution in [0.4, 0.5) is 0 Å². The standard InChI is InChI=1S/C14H23N3O2/c1-9-6-12(9)17-8-10(7-13(17)18)16-14(19)11-4-2-3-5-15-11/h9-12,15H,2-8H2,1H3,(H,16,19). The molecule has 5 nitrogen and oxygen atoms in total. The van der Waals surface area contributed by atoms with Crippen LogP contribution in [-0.2, 0) is 9.59 Å². The summed E-state index contributed by atoms with van der Waals surface area (Å²) >= 11 is 0. The Morgan fingerprint density at radius 1 is 1.42 bits per heavy atom. The first-order chi connectivity index (χ1) is 9.15. The van der Waals surface area contributed by atoms with Gasteiger partial charge in [0.15, 0.2) is 0 Å². The summed E-state index contributed by atoms with van der Waals surface area (Å²) in [6, 6.07) is 0.386. The Bertz CT molecular complexity index is 379. The zero-order chi connectivity index (χ0) is 13.4. The van der Waals surface area contributed by atoms with Crippen molar-refractivity contribution in [3.63, 3.8) is 0 Å². The maximum absolute atomic E-state index is 12.1. The van der Waals surface area contributed by atoms with Crippen LogP contribution in [0.2, 0.25) is 0 Å². The normalized spacial score (nSPS) is 38.4. The predicted octanol–water partition coefficient (Wildman–Crippen LogP) is 0.254. The van der Waals surface area contributed by atoms with E-state index in [4.69, 9.17) is 0 Å². The first kappa shape index (κ1) is 12.9. The van der Waals surface area contributed by atoms with Crippen LogP contribution in [0.5, 0.6) is 0 Å². The number of amides is 2. The number of piperidine rings is 1. The lowest BCUT2D eigenvalue weighted by atomic mass is 10.0. The van der Waals surface area contributed by atoms with E-state index >= 15 is 0 Å². The molecule has 2 saturated heterocycles. The van der Waals surface area contributed by atoms with Crippen LogP contribution in [0.3, 0.4) is 0 Å². The third-order valence-corrected chi connectivity index (χ3v) is 4.60. The number of nitrogens with one attached hydrogen (secondary N) is 2. The van der Waals surface area contributed by atoms with Crippen molar-refractivity contribution in [2.75, 3.05) is 13.1 Å². The summed E-state index contributed by atoms with van der Waals surface area (Å²) in [4.78, 5) is 26.0. The van der Waals surface area contributed by atoms with Gasteiger partial charge in [-0.25, -0.2) is 0 Å². The summed E-state index contributed by atoms with van der Waals surface area (Å²) in [5.74, 6) is 0.915. The molecule has 3 rings (SSSR count). The molecule has 0 aromatic carbocycles. The molecule has 2 N–H and O–H groups in total. The summed E-state index contributed by atoms with van der Waals surface area (Å²) in [6.45, 7) is 3.80. The largest absolute Gasteiger partial charge is 0.350 e. The van der Waals surface area contributed by atoms with Crippen molar-refractivity contribution in [3.05, 3.63) is 0 Å². The number of rotatable bonds is 3. The molecule has 2 amide bonds. The first-order valence-electron chi connectivity index (χ1n) is 7.48. The van der Waals surface area contributed by atoms with E-state index < -0.39 is 0 Å². The lowest BCUT2D eigenvalue weighted by molar-refractivity contribution is -0.128. The minimum atomic E-state index is -0.0576. The second-order valence-corrected chi connectivity index (χ2v) is 6.24. The minimum absolute atomic E-state index is 0.0107. The van der Waals surface area contributed by atoms with Gasteiger partial charge >= 0.3 is 0 Å². The van der Waals surface area contributed by atoms with E-state index in [0.29, 0.717) is 24.9 Å². The van der Waals surface area contributed by atoms with Gasteiger partial charge in [-0.3, -0.25) is 9.59 Å². The van der Waals surface area contributed by atoms with E-state index in [1.165, 1.54) is 0 Å². The van der Waals surface area contributed by atoms with Gasteiger partial charge < -0.3 is 15.5 Å². The van der Waals surface area contributed by atoms with Crippen LogP contribution in [0.25, 0.3) is 0 Å². The molecule has 1 aliphatic carbocycles. The van der Waals surface area contributed by atoms with E-state index in [1.807, 2.05) is 4.90 Å². The lowest BCUT2D eigenvalue weighted by Gasteiger charge is -2.24. The molecular weight excluding hydrogens is 242 g/mol. The van der Waals surface area contributed by atoms with E-state index in [2.05, 4.69) is 17.6 Å². The maximum Gasteiger partial charge on any atom is 0.237 e. The first-order valence-corrected chi connectivity index (χ1v) is 7.48. The molecule has 2 aliphatic heterocycles. The second kappa shape index (κ2) is 5.12. The van der Waals surface area contributed by atoms with Crippen LogP contribution >= 0.6 is 0 Å².